The van der Waals surface area contributed by atoms with E-state index in [1.165, 1.54) is 0 Å². The number of nitrogens with one attached hydrogen (secondary N) is 2. The Hall–Kier alpha value is -1.33. The minimum Gasteiger partial charge on any atom is -0.497 e. The number of aliphatic hydroxyl groups is 2. The van der Waals surface area contributed by atoms with E-state index in [-0.39, 0.29) is 50.0 Å². The number of aliphatic hydroxyl groups excluding tert-OH is 2. The van der Waals surface area contributed by atoms with Crippen LogP contribution in [0.5, 0.6) is 5.75 Å². The molecular weight excluding hydrogens is 435 g/mol. The number of methoxy groups -OCH3 is 1. The third-order valence-electron chi connectivity index (χ3n) is 4.84. The Kier molecular flexibility index (Phi) is 13.3. The first kappa shape index (κ1) is 28.7. The van der Waals surface area contributed by atoms with Crippen LogP contribution >= 0.6 is 24.8 Å². The summed E-state index contributed by atoms with van der Waals surface area (Å²) in [7, 11) is 7.43. The summed E-state index contributed by atoms with van der Waals surface area (Å²) in [4.78, 5) is 16.3. The number of carbonyl (C=O) groups excluding carboxylic acids is 1. The van der Waals surface area contributed by atoms with E-state index in [1.54, 1.807) is 31.4 Å². The number of benzene rings is 1. The third kappa shape index (κ3) is 8.07. The van der Waals surface area contributed by atoms with Gasteiger partial charge in [-0.15, -0.1) is 24.8 Å². The number of hydrogen-bond donors (Lipinski definition) is 4. The van der Waals surface area contributed by atoms with Crippen molar-refractivity contribution >= 4 is 36.5 Å². The Bertz CT molecular complexity index is 641. The molecular formula is C19H34Cl2N4O5. The van der Waals surface area contributed by atoms with Crippen LogP contribution in [0.25, 0.3) is 0 Å². The van der Waals surface area contributed by atoms with Crippen LogP contribution in [0.3, 0.4) is 0 Å². The summed E-state index contributed by atoms with van der Waals surface area (Å²) in [5.41, 5.74) is 0.608. The minimum absolute atomic E-state index is 0. The summed E-state index contributed by atoms with van der Waals surface area (Å²) < 4.78 is 10.9. The van der Waals surface area contributed by atoms with Crippen molar-refractivity contribution in [2.75, 3.05) is 59.8 Å². The molecule has 0 spiro atoms. The van der Waals surface area contributed by atoms with Crippen LogP contribution in [0.4, 0.5) is 10.5 Å². The third-order valence-corrected chi connectivity index (χ3v) is 4.84. The van der Waals surface area contributed by atoms with E-state index in [0.29, 0.717) is 11.4 Å². The van der Waals surface area contributed by atoms with Gasteiger partial charge in [0, 0.05) is 31.4 Å². The second-order valence-corrected chi connectivity index (χ2v) is 7.23. The zero-order valence-electron chi connectivity index (χ0n) is 17.8. The van der Waals surface area contributed by atoms with E-state index in [2.05, 4.69) is 15.5 Å². The summed E-state index contributed by atoms with van der Waals surface area (Å²) in [6.07, 6.45) is -1.93. The van der Waals surface area contributed by atoms with Gasteiger partial charge in [-0.25, -0.2) is 4.79 Å². The van der Waals surface area contributed by atoms with Gasteiger partial charge >= 0.3 is 6.03 Å². The number of halogens is 2. The maximum absolute atomic E-state index is 12.2. The lowest BCUT2D eigenvalue weighted by Crippen LogP contribution is -2.51. The highest BCUT2D eigenvalue weighted by molar-refractivity contribution is 5.89. The quantitative estimate of drug-likeness (QED) is 0.421. The maximum Gasteiger partial charge on any atom is 0.319 e. The number of anilines is 1. The zero-order valence-corrected chi connectivity index (χ0v) is 19.4. The normalized spacial score (nSPS) is 22.9. The van der Waals surface area contributed by atoms with Crippen LogP contribution < -0.4 is 15.4 Å². The summed E-state index contributed by atoms with van der Waals surface area (Å²) in [6, 6.07) is 6.35. The molecule has 4 atom stereocenters. The number of nitrogens with zero attached hydrogens (tertiary/aromatic N) is 2. The van der Waals surface area contributed by atoms with Gasteiger partial charge in [-0.3, -0.25) is 4.90 Å². The molecule has 1 aromatic carbocycles. The Balaban J connectivity index is 0.00000420. The fraction of sp³-hybridized carbons (Fsp3) is 0.632. The molecule has 1 aromatic rings. The first-order chi connectivity index (χ1) is 13.3. The molecule has 1 heterocycles. The SMILES string of the molecule is COc1cccc(NC(=O)NC[C@H]2O[C@@H](CO)[C@@H](O)[C@H]2N(C)CCN(C)C)c1.Cl.Cl. The Labute approximate surface area is 190 Å². The molecule has 0 aromatic heterocycles. The van der Waals surface area contributed by atoms with Gasteiger partial charge in [-0.1, -0.05) is 6.07 Å². The van der Waals surface area contributed by atoms with Gasteiger partial charge < -0.3 is 35.2 Å². The second-order valence-electron chi connectivity index (χ2n) is 7.23. The van der Waals surface area contributed by atoms with Crippen LogP contribution in [0.1, 0.15) is 0 Å². The van der Waals surface area contributed by atoms with Gasteiger partial charge in [-0.2, -0.15) is 0 Å². The molecule has 1 aliphatic heterocycles. The number of rotatable bonds is 9. The Morgan fingerprint density at radius 2 is 1.90 bits per heavy atom. The molecule has 11 heteroatoms. The highest BCUT2D eigenvalue weighted by Crippen LogP contribution is 2.25. The van der Waals surface area contributed by atoms with Crippen molar-refractivity contribution in [3.8, 4) is 5.75 Å². The smallest absolute Gasteiger partial charge is 0.319 e. The lowest BCUT2D eigenvalue weighted by Gasteiger charge is -2.31. The van der Waals surface area contributed by atoms with Crippen LogP contribution in [0.15, 0.2) is 24.3 Å². The summed E-state index contributed by atoms with van der Waals surface area (Å²) >= 11 is 0. The topological polar surface area (TPSA) is 107 Å². The predicted molar refractivity (Wildman–Crippen MR) is 121 cm³/mol. The van der Waals surface area contributed by atoms with Crippen LogP contribution in [-0.2, 0) is 4.74 Å². The number of amides is 2. The molecule has 9 nitrogen and oxygen atoms in total. The van der Waals surface area contributed by atoms with E-state index >= 15 is 0 Å². The van der Waals surface area contributed by atoms with Crippen molar-refractivity contribution in [1.82, 2.24) is 15.1 Å². The molecule has 1 fully saturated rings. The monoisotopic (exact) mass is 468 g/mol. The molecule has 2 rings (SSSR count). The van der Waals surface area contributed by atoms with Crippen LogP contribution in [0, 0.1) is 0 Å². The molecule has 0 saturated carbocycles. The number of ether oxygens (including phenoxy) is 2. The molecule has 1 saturated heterocycles. The second kappa shape index (κ2) is 13.9. The number of likely N-dealkylation sites (N-methyl/N-ethyl adjacent to an activating group) is 2. The largest absolute Gasteiger partial charge is 0.497 e. The van der Waals surface area contributed by atoms with Crippen molar-refractivity contribution < 1.29 is 24.5 Å². The van der Waals surface area contributed by atoms with E-state index in [1.807, 2.05) is 26.0 Å². The number of carbonyl (C=O) groups is 1. The maximum atomic E-state index is 12.2. The lowest BCUT2D eigenvalue weighted by molar-refractivity contribution is -0.0205. The van der Waals surface area contributed by atoms with Crippen LogP contribution in [0.2, 0.25) is 0 Å². The van der Waals surface area contributed by atoms with E-state index in [4.69, 9.17) is 9.47 Å². The first-order valence-electron chi connectivity index (χ1n) is 9.34. The molecule has 30 heavy (non-hydrogen) atoms. The molecule has 0 bridgehead atoms. The van der Waals surface area contributed by atoms with Gasteiger partial charge in [0.15, 0.2) is 0 Å². The van der Waals surface area contributed by atoms with Gasteiger partial charge in [0.05, 0.1) is 25.9 Å². The highest BCUT2D eigenvalue weighted by atomic mass is 35.5. The Morgan fingerprint density at radius 1 is 1.20 bits per heavy atom. The van der Waals surface area contributed by atoms with Crippen molar-refractivity contribution in [1.29, 1.82) is 0 Å². The van der Waals surface area contributed by atoms with Gasteiger partial charge in [0.1, 0.15) is 18.0 Å². The number of urea groups is 1. The minimum atomic E-state index is -0.828. The predicted octanol–water partition coefficient (Wildman–Crippen LogP) is 0.643. The standard InChI is InChI=1S/C19H32N4O5.2ClH/c1-22(2)8-9-23(3)17-15(28-16(12-24)18(17)25)11-20-19(26)21-13-6-5-7-14(10-13)27-4;;/h5-7,10,15-18,24-25H,8-9,11-12H2,1-4H3,(H2,20,21,26);2*1H/t15-,16+,17+,18-;;/m1../s1. The average molecular weight is 469 g/mol. The Morgan fingerprint density at radius 3 is 2.50 bits per heavy atom. The molecule has 1 aliphatic rings. The van der Waals surface area contributed by atoms with Crippen LogP contribution in [-0.4, -0.2) is 105 Å². The van der Waals surface area contributed by atoms with Gasteiger partial charge in [0.25, 0.3) is 0 Å². The molecule has 0 aliphatic carbocycles. The fourth-order valence-electron chi connectivity index (χ4n) is 3.27. The highest BCUT2D eigenvalue weighted by Gasteiger charge is 2.45. The molecule has 174 valence electrons. The fourth-order valence-corrected chi connectivity index (χ4v) is 3.27. The van der Waals surface area contributed by atoms with Gasteiger partial charge in [0.2, 0.25) is 0 Å². The zero-order chi connectivity index (χ0) is 20.7. The number of hydrogen-bond acceptors (Lipinski definition) is 7. The van der Waals surface area contributed by atoms with E-state index in [9.17, 15) is 15.0 Å². The van der Waals surface area contributed by atoms with E-state index < -0.39 is 18.3 Å². The van der Waals surface area contributed by atoms with Gasteiger partial charge in [-0.05, 0) is 33.3 Å². The summed E-state index contributed by atoms with van der Waals surface area (Å²) in [6.45, 7) is 1.48. The molecule has 0 radical (unpaired) electrons. The van der Waals surface area contributed by atoms with Crippen molar-refractivity contribution in [2.45, 2.75) is 24.4 Å². The molecule has 2 amide bonds. The first-order valence-corrected chi connectivity index (χ1v) is 9.34. The summed E-state index contributed by atoms with van der Waals surface area (Å²) in [5, 5.41) is 25.5. The molecule has 4 N–H and O–H groups in total. The van der Waals surface area contributed by atoms with E-state index in [0.717, 1.165) is 13.1 Å². The lowest BCUT2D eigenvalue weighted by atomic mass is 10.0. The summed E-state index contributed by atoms with van der Waals surface area (Å²) in [5.74, 6) is 0.647. The average Bonchev–Trinajstić information content (AvgIpc) is 3.00. The van der Waals surface area contributed by atoms with Crippen molar-refractivity contribution in [2.24, 2.45) is 0 Å². The molecule has 0 unspecified atom stereocenters. The van der Waals surface area contributed by atoms with Crippen molar-refractivity contribution in [3.63, 3.8) is 0 Å². The van der Waals surface area contributed by atoms with Crippen molar-refractivity contribution in [3.05, 3.63) is 24.3 Å².